The van der Waals surface area contributed by atoms with Crippen LogP contribution in [0, 0.1) is 41.2 Å². The molecule has 16 heteroatoms. The van der Waals surface area contributed by atoms with E-state index in [1.165, 1.54) is 38.4 Å². The van der Waals surface area contributed by atoms with Crippen LogP contribution in [0.1, 0.15) is 59.7 Å². The van der Waals surface area contributed by atoms with Gasteiger partial charge in [0.1, 0.15) is 41.1 Å². The summed E-state index contributed by atoms with van der Waals surface area (Å²) in [6.45, 7) is 1.74. The molecule has 0 saturated carbocycles. The molecule has 270 valence electrons. The van der Waals surface area contributed by atoms with Gasteiger partial charge >= 0.3 is 12.1 Å². The molecule has 7 rings (SSSR count). The van der Waals surface area contributed by atoms with Crippen molar-refractivity contribution < 1.29 is 40.6 Å². The molecule has 0 saturated heterocycles. The minimum absolute atomic E-state index is 0.00130. The second-order valence-corrected chi connectivity index (χ2v) is 13.1. The summed E-state index contributed by atoms with van der Waals surface area (Å²) in [4.78, 5) is 37.8. The summed E-state index contributed by atoms with van der Waals surface area (Å²) in [6, 6.07) is 8.94. The third kappa shape index (κ3) is 6.62. The van der Waals surface area contributed by atoms with E-state index in [-0.39, 0.29) is 39.8 Å². The first kappa shape index (κ1) is 35.4. The number of benzene rings is 2. The van der Waals surface area contributed by atoms with E-state index >= 15 is 8.78 Å². The maximum Gasteiger partial charge on any atom is 0.435 e. The lowest BCUT2D eigenvalue weighted by molar-refractivity contribution is -0.142. The van der Waals surface area contributed by atoms with E-state index in [0.29, 0.717) is 16.3 Å². The number of hydrogen-bond acceptors (Lipinski definition) is 6. The summed E-state index contributed by atoms with van der Waals surface area (Å²) in [5, 5.41) is 16.4. The smallest absolute Gasteiger partial charge is 0.378 e. The Balaban J connectivity index is 1.36. The molecule has 3 heterocycles. The minimum Gasteiger partial charge on any atom is -0.378 e. The number of halogens is 7. The molecule has 2 aromatic carbocycles. The van der Waals surface area contributed by atoms with Crippen molar-refractivity contribution in [2.45, 2.75) is 56.5 Å². The van der Waals surface area contributed by atoms with Crippen molar-refractivity contribution in [1.82, 2.24) is 30.0 Å². The van der Waals surface area contributed by atoms with Crippen molar-refractivity contribution in [3.8, 4) is 34.8 Å². The lowest BCUT2D eigenvalue weighted by atomic mass is 9.84. The van der Waals surface area contributed by atoms with Crippen LogP contribution in [0.4, 0.5) is 30.7 Å². The number of rotatable bonds is 7. The molecular formula is C37H25F7N6O3. The standard InChI is InChI=1S/C37H25F7N6O3/c1-35(2,53)11-10-21-6-7-23(22-4-3-5-25-30(22)45-17-46-34(25)52)31(47-21)27(14-18-12-19(38)15-20(39)13-18)48-28(51)16-50-33-29(32(49-50)37(42,43)44)24-8-9-26(24)36(33,40)41/h3-7,12-13,15,17,24,26-27,53H,14,16H2,1-2H3,(H,48,51)(H,45,46,52)/t24-,26+,27-/m0/s1. The molecule has 0 aliphatic heterocycles. The number of pyridine rings is 1. The molecule has 0 unspecified atom stereocenters. The Kier molecular flexibility index (Phi) is 8.41. The van der Waals surface area contributed by atoms with E-state index in [0.717, 1.165) is 12.1 Å². The molecule has 9 nitrogen and oxygen atoms in total. The normalized spacial score (nSPS) is 17.5. The van der Waals surface area contributed by atoms with Crippen LogP contribution in [0.15, 0.2) is 59.7 Å². The molecular weight excluding hydrogens is 709 g/mol. The highest BCUT2D eigenvalue weighted by Gasteiger charge is 2.62. The van der Waals surface area contributed by atoms with Gasteiger partial charge in [-0.15, -0.1) is 0 Å². The number of aliphatic hydroxyl groups is 1. The SMILES string of the molecule is CC(C)(O)C#Cc1ccc(-c2cccc3c(=O)[nH]cnc23)c([C@H](Cc2cc(F)cc(F)c2)NC(=O)Cn2nc(C(F)(F)F)c3c2C(F)(F)[C@@H]2C#C[C@H]32)n1. The monoisotopic (exact) mass is 734 g/mol. The molecule has 1 amide bonds. The van der Waals surface area contributed by atoms with Gasteiger partial charge in [-0.05, 0) is 62.1 Å². The number of amides is 1. The van der Waals surface area contributed by atoms with E-state index in [9.17, 15) is 36.6 Å². The van der Waals surface area contributed by atoms with Gasteiger partial charge in [-0.2, -0.15) is 27.1 Å². The minimum atomic E-state index is -5.13. The molecule has 53 heavy (non-hydrogen) atoms. The summed E-state index contributed by atoms with van der Waals surface area (Å²) in [5.41, 5.74) is -4.51. The van der Waals surface area contributed by atoms with Crippen molar-refractivity contribution in [1.29, 1.82) is 0 Å². The fourth-order valence-electron chi connectivity index (χ4n) is 6.51. The third-order valence-electron chi connectivity index (χ3n) is 8.70. The van der Waals surface area contributed by atoms with Crippen LogP contribution in [0.25, 0.3) is 22.0 Å². The van der Waals surface area contributed by atoms with Gasteiger partial charge in [-0.1, -0.05) is 29.9 Å². The molecule has 2 aliphatic carbocycles. The van der Waals surface area contributed by atoms with E-state index in [1.54, 1.807) is 12.1 Å². The Labute approximate surface area is 295 Å². The molecule has 0 spiro atoms. The number of para-hydroxylation sites is 1. The zero-order valence-corrected chi connectivity index (χ0v) is 27.5. The molecule has 0 bridgehead atoms. The summed E-state index contributed by atoms with van der Waals surface area (Å²) < 4.78 is 102. The van der Waals surface area contributed by atoms with Crippen molar-refractivity contribution in [2.24, 2.45) is 5.92 Å². The Morgan fingerprint density at radius 3 is 2.49 bits per heavy atom. The zero-order valence-electron chi connectivity index (χ0n) is 27.5. The van der Waals surface area contributed by atoms with Crippen LogP contribution in [-0.2, 0) is 29.9 Å². The first-order valence-corrected chi connectivity index (χ1v) is 16.0. The first-order chi connectivity index (χ1) is 24.9. The lowest BCUT2D eigenvalue weighted by Crippen LogP contribution is -2.36. The fourth-order valence-corrected chi connectivity index (χ4v) is 6.51. The van der Waals surface area contributed by atoms with Crippen molar-refractivity contribution in [3.05, 3.63) is 111 Å². The summed E-state index contributed by atoms with van der Waals surface area (Å²) >= 11 is 0. The summed E-state index contributed by atoms with van der Waals surface area (Å²) in [5.74, 6) is -0.0855. The zero-order chi connectivity index (χ0) is 38.0. The van der Waals surface area contributed by atoms with Gasteiger partial charge in [0.2, 0.25) is 5.91 Å². The highest BCUT2D eigenvalue weighted by atomic mass is 19.4. The van der Waals surface area contributed by atoms with Crippen molar-refractivity contribution in [2.75, 3.05) is 0 Å². The molecule has 0 fully saturated rings. The number of H-pyrrole nitrogens is 1. The highest BCUT2D eigenvalue weighted by molar-refractivity contribution is 5.93. The number of carbonyl (C=O) groups is 1. The van der Waals surface area contributed by atoms with Crippen LogP contribution >= 0.6 is 0 Å². The van der Waals surface area contributed by atoms with E-state index in [2.05, 4.69) is 49.0 Å². The van der Waals surface area contributed by atoms with Gasteiger partial charge in [0, 0.05) is 22.8 Å². The Bertz CT molecular complexity index is 2490. The number of nitrogens with zero attached hydrogens (tertiary/aromatic N) is 4. The predicted octanol–water partition coefficient (Wildman–Crippen LogP) is 5.52. The quantitative estimate of drug-likeness (QED) is 0.149. The van der Waals surface area contributed by atoms with E-state index < -0.39 is 82.2 Å². The van der Waals surface area contributed by atoms with Gasteiger partial charge in [-0.25, -0.2) is 18.7 Å². The summed E-state index contributed by atoms with van der Waals surface area (Å²) in [7, 11) is 0. The second kappa shape index (κ2) is 12.6. The van der Waals surface area contributed by atoms with Gasteiger partial charge in [-0.3, -0.25) is 14.3 Å². The van der Waals surface area contributed by atoms with E-state index in [4.69, 9.17) is 0 Å². The number of carbonyl (C=O) groups excluding carboxylic acids is 1. The Morgan fingerprint density at radius 1 is 1.09 bits per heavy atom. The Morgan fingerprint density at radius 2 is 1.83 bits per heavy atom. The van der Waals surface area contributed by atoms with Gasteiger partial charge < -0.3 is 15.4 Å². The average molecular weight is 735 g/mol. The number of fused-ring (bicyclic) bond motifs is 4. The fraction of sp³-hybridized carbons (Fsp3) is 0.270. The van der Waals surface area contributed by atoms with E-state index in [1.807, 2.05) is 0 Å². The van der Waals surface area contributed by atoms with Gasteiger partial charge in [0.05, 0.1) is 34.9 Å². The number of aromatic amines is 1. The van der Waals surface area contributed by atoms with Gasteiger partial charge in [0.25, 0.3) is 5.56 Å². The maximum absolute atomic E-state index is 15.4. The first-order valence-electron chi connectivity index (χ1n) is 16.0. The van der Waals surface area contributed by atoms with Crippen LogP contribution in [0.2, 0.25) is 0 Å². The molecule has 3 atom stereocenters. The average Bonchev–Trinajstić information content (AvgIpc) is 3.48. The Hall–Kier alpha value is -6.00. The predicted molar refractivity (Wildman–Crippen MR) is 175 cm³/mol. The largest absolute Gasteiger partial charge is 0.435 e. The molecule has 2 aliphatic rings. The van der Waals surface area contributed by atoms with Crippen LogP contribution in [0.3, 0.4) is 0 Å². The van der Waals surface area contributed by atoms with Gasteiger partial charge in [0.15, 0.2) is 5.69 Å². The molecule has 3 N–H and O–H groups in total. The van der Waals surface area contributed by atoms with Crippen LogP contribution in [-0.4, -0.2) is 41.3 Å². The molecule has 3 aromatic heterocycles. The number of nitrogens with one attached hydrogen (secondary N) is 2. The summed E-state index contributed by atoms with van der Waals surface area (Å²) in [6.07, 6.45) is -4.33. The second-order valence-electron chi connectivity index (χ2n) is 13.1. The number of alkyl halides is 5. The lowest BCUT2D eigenvalue weighted by Gasteiger charge is -2.24. The third-order valence-corrected chi connectivity index (χ3v) is 8.70. The molecule has 0 radical (unpaired) electrons. The molecule has 5 aromatic rings. The number of hydrogen-bond donors (Lipinski definition) is 3. The van der Waals surface area contributed by atoms with Crippen LogP contribution in [0.5, 0.6) is 0 Å². The topological polar surface area (TPSA) is 126 Å². The van der Waals surface area contributed by atoms with Crippen molar-refractivity contribution in [3.63, 3.8) is 0 Å². The number of aromatic nitrogens is 5. The van der Waals surface area contributed by atoms with Crippen LogP contribution < -0.4 is 10.9 Å². The highest BCUT2D eigenvalue weighted by Crippen LogP contribution is 2.58. The maximum atomic E-state index is 15.4. The van der Waals surface area contributed by atoms with Crippen molar-refractivity contribution >= 4 is 16.8 Å².